The lowest BCUT2D eigenvalue weighted by atomic mass is 9.74. The molecule has 0 atom stereocenters. The molecular formula is C72H51N7. The van der Waals surface area contributed by atoms with Crippen molar-refractivity contribution in [1.29, 1.82) is 0 Å². The number of para-hydroxylation sites is 4. The number of fused-ring (bicyclic) bond motifs is 15. The van der Waals surface area contributed by atoms with Gasteiger partial charge in [0.15, 0.2) is 0 Å². The third kappa shape index (κ3) is 6.56. The van der Waals surface area contributed by atoms with E-state index >= 15 is 0 Å². The Morgan fingerprint density at radius 1 is 0.367 bits per heavy atom. The van der Waals surface area contributed by atoms with Crippen molar-refractivity contribution in [1.82, 2.24) is 28.7 Å². The summed E-state index contributed by atoms with van der Waals surface area (Å²) in [5, 5.41) is 6.96. The molecule has 0 amide bonds. The van der Waals surface area contributed by atoms with E-state index in [1.807, 2.05) is 24.5 Å². The summed E-state index contributed by atoms with van der Waals surface area (Å²) in [5.41, 5.74) is 21.1. The number of anilines is 3. The minimum absolute atomic E-state index is 0.104. The molecule has 79 heavy (non-hydrogen) atoms. The number of hydrogen-bond acceptors (Lipinski definition) is 4. The zero-order valence-corrected chi connectivity index (χ0v) is 43.7. The summed E-state index contributed by atoms with van der Waals surface area (Å²) in [6, 6.07) is 86.2. The van der Waals surface area contributed by atoms with E-state index in [-0.39, 0.29) is 5.41 Å². The minimum atomic E-state index is -0.104. The normalized spacial score (nSPS) is 12.9. The van der Waals surface area contributed by atoms with Gasteiger partial charge in [0.05, 0.1) is 44.1 Å². The Kier molecular flexibility index (Phi) is 9.97. The van der Waals surface area contributed by atoms with Crippen molar-refractivity contribution in [3.8, 4) is 39.6 Å². The van der Waals surface area contributed by atoms with Gasteiger partial charge in [0.1, 0.15) is 5.82 Å². The number of rotatable bonds is 9. The van der Waals surface area contributed by atoms with E-state index in [1.54, 1.807) is 0 Å². The number of pyridine rings is 2. The minimum Gasteiger partial charge on any atom is -0.311 e. The van der Waals surface area contributed by atoms with Crippen LogP contribution < -0.4 is 4.90 Å². The monoisotopic (exact) mass is 1010 g/mol. The summed E-state index contributed by atoms with van der Waals surface area (Å²) in [6.45, 7) is 4.67. The molecule has 374 valence electrons. The molecule has 7 nitrogen and oxygen atoms in total. The second kappa shape index (κ2) is 17.5. The van der Waals surface area contributed by atoms with Gasteiger partial charge in [-0.05, 0) is 169 Å². The topological polar surface area (TPSA) is 56.7 Å². The van der Waals surface area contributed by atoms with E-state index in [4.69, 9.17) is 15.0 Å². The van der Waals surface area contributed by atoms with Crippen LogP contribution in [0.3, 0.4) is 0 Å². The Labute approximate surface area is 456 Å². The molecule has 0 aliphatic heterocycles. The van der Waals surface area contributed by atoms with Gasteiger partial charge in [-0.1, -0.05) is 117 Å². The van der Waals surface area contributed by atoms with Crippen LogP contribution >= 0.6 is 0 Å². The molecule has 5 aromatic heterocycles. The smallest absolute Gasteiger partial charge is 0.145 e. The summed E-state index contributed by atoms with van der Waals surface area (Å²) < 4.78 is 7.14. The molecule has 5 heterocycles. The SMILES string of the molecule is CCC1(CC)c2ccccc2-c2ccc(-n3c(-c4ccc(N(c5ccc(-n6c7ccccc7c7ccccc76)cc5)c5ccc(-n6c7ccccc7c7ccccc76)cc5)cc4)nc4c5cccnc5c5ncccc5c43)cc21. The zero-order valence-electron chi connectivity index (χ0n) is 43.7. The van der Waals surface area contributed by atoms with Gasteiger partial charge in [-0.15, -0.1) is 0 Å². The lowest BCUT2D eigenvalue weighted by Gasteiger charge is -2.30. The molecule has 7 heteroatoms. The highest BCUT2D eigenvalue weighted by atomic mass is 15.1. The first-order chi connectivity index (χ1) is 39.1. The highest BCUT2D eigenvalue weighted by Gasteiger charge is 2.40. The van der Waals surface area contributed by atoms with Crippen LogP contribution in [-0.2, 0) is 5.41 Å². The van der Waals surface area contributed by atoms with Gasteiger partial charge >= 0.3 is 0 Å². The molecule has 0 saturated carbocycles. The van der Waals surface area contributed by atoms with Gasteiger partial charge in [0.25, 0.3) is 0 Å². The number of nitrogens with zero attached hydrogens (tertiary/aromatic N) is 7. The second-order valence-corrected chi connectivity index (χ2v) is 21.0. The number of imidazole rings is 1. The Morgan fingerprint density at radius 2 is 0.797 bits per heavy atom. The molecule has 0 radical (unpaired) electrons. The number of aromatic nitrogens is 6. The molecule has 0 unspecified atom stereocenters. The third-order valence-corrected chi connectivity index (χ3v) is 17.2. The highest BCUT2D eigenvalue weighted by molar-refractivity contribution is 6.22. The van der Waals surface area contributed by atoms with Gasteiger partial charge in [-0.2, -0.15) is 0 Å². The summed E-state index contributed by atoms with van der Waals surface area (Å²) in [7, 11) is 0. The average molecular weight is 1010 g/mol. The van der Waals surface area contributed by atoms with Crippen molar-refractivity contribution < 1.29 is 0 Å². The summed E-state index contributed by atoms with van der Waals surface area (Å²) in [5.74, 6) is 0.856. The van der Waals surface area contributed by atoms with Crippen molar-refractivity contribution in [2.24, 2.45) is 0 Å². The zero-order chi connectivity index (χ0) is 52.3. The van der Waals surface area contributed by atoms with Gasteiger partial charge < -0.3 is 14.0 Å². The van der Waals surface area contributed by atoms with E-state index in [0.29, 0.717) is 0 Å². The molecule has 10 aromatic carbocycles. The van der Waals surface area contributed by atoms with Crippen molar-refractivity contribution in [3.05, 3.63) is 260 Å². The maximum Gasteiger partial charge on any atom is 0.145 e. The maximum absolute atomic E-state index is 5.67. The molecule has 0 N–H and O–H groups in total. The van der Waals surface area contributed by atoms with Crippen LogP contribution in [0.4, 0.5) is 17.1 Å². The predicted octanol–water partition coefficient (Wildman–Crippen LogP) is 18.5. The average Bonchev–Trinajstić information content (AvgIpc) is 4.40. The number of hydrogen-bond donors (Lipinski definition) is 0. The van der Waals surface area contributed by atoms with Crippen LogP contribution in [0, 0.1) is 0 Å². The largest absolute Gasteiger partial charge is 0.311 e. The van der Waals surface area contributed by atoms with E-state index in [1.165, 1.54) is 65.9 Å². The Bertz CT molecular complexity index is 4660. The first kappa shape index (κ1) is 45.1. The molecule has 15 aromatic rings. The van der Waals surface area contributed by atoms with Gasteiger partial charge in [-0.3, -0.25) is 14.5 Å². The van der Waals surface area contributed by atoms with Crippen molar-refractivity contribution >= 4 is 93.5 Å². The molecule has 0 fully saturated rings. The van der Waals surface area contributed by atoms with Crippen LogP contribution in [0.5, 0.6) is 0 Å². The van der Waals surface area contributed by atoms with Gasteiger partial charge in [0.2, 0.25) is 0 Å². The van der Waals surface area contributed by atoms with Crippen LogP contribution in [0.15, 0.2) is 249 Å². The van der Waals surface area contributed by atoms with E-state index < -0.39 is 0 Å². The maximum atomic E-state index is 5.67. The Morgan fingerprint density at radius 3 is 1.33 bits per heavy atom. The van der Waals surface area contributed by atoms with Gasteiger partial charge in [-0.25, -0.2) is 4.98 Å². The quantitative estimate of drug-likeness (QED) is 0.135. The fraction of sp³-hybridized carbons (Fsp3) is 0.0694. The Balaban J connectivity index is 0.874. The Hall–Kier alpha value is -10.1. The summed E-state index contributed by atoms with van der Waals surface area (Å²) in [6.07, 6.45) is 5.73. The van der Waals surface area contributed by atoms with Crippen molar-refractivity contribution in [2.45, 2.75) is 32.1 Å². The summed E-state index contributed by atoms with van der Waals surface area (Å²) in [4.78, 5) is 17.9. The van der Waals surface area contributed by atoms with E-state index in [2.05, 4.69) is 257 Å². The fourth-order valence-electron chi connectivity index (χ4n) is 13.6. The van der Waals surface area contributed by atoms with E-state index in [0.717, 1.165) is 91.2 Å². The lowest BCUT2D eigenvalue weighted by Crippen LogP contribution is -2.23. The second-order valence-electron chi connectivity index (χ2n) is 21.0. The highest BCUT2D eigenvalue weighted by Crippen LogP contribution is 2.54. The molecule has 16 rings (SSSR count). The predicted molar refractivity (Wildman–Crippen MR) is 327 cm³/mol. The van der Waals surface area contributed by atoms with Crippen LogP contribution in [0.2, 0.25) is 0 Å². The lowest BCUT2D eigenvalue weighted by molar-refractivity contribution is 0.490. The molecule has 0 bridgehead atoms. The first-order valence-corrected chi connectivity index (χ1v) is 27.5. The standard InChI is InChI=1S/C72H51N7/c1-3-72(4-2)61-24-10-5-17-53(61)54-42-41-52(45-62(54)72)79-70-60-23-16-44-74-68(60)67-59(22-15-43-73-67)69(70)75-71(79)46-29-31-47(32-30-46)76(48-33-37-50(38-34-48)77-63-25-11-6-18-55(63)56-19-7-12-26-64(56)77)49-35-39-51(40-36-49)78-65-27-13-8-20-57(65)58-21-9-14-28-66(58)78/h5-45H,3-4H2,1-2H3. The number of benzene rings is 10. The van der Waals surface area contributed by atoms with E-state index in [9.17, 15) is 0 Å². The fourth-order valence-corrected chi connectivity index (χ4v) is 13.6. The van der Waals surface area contributed by atoms with Crippen molar-refractivity contribution in [2.75, 3.05) is 4.90 Å². The van der Waals surface area contributed by atoms with Crippen molar-refractivity contribution in [3.63, 3.8) is 0 Å². The van der Waals surface area contributed by atoms with Crippen LogP contribution in [0.25, 0.3) is 116 Å². The van der Waals surface area contributed by atoms with Crippen LogP contribution in [0.1, 0.15) is 37.8 Å². The van der Waals surface area contributed by atoms with Crippen LogP contribution in [-0.4, -0.2) is 28.7 Å². The molecule has 0 spiro atoms. The summed E-state index contributed by atoms with van der Waals surface area (Å²) >= 11 is 0. The first-order valence-electron chi connectivity index (χ1n) is 27.5. The molecule has 0 saturated heterocycles. The third-order valence-electron chi connectivity index (χ3n) is 17.2. The van der Waals surface area contributed by atoms with Gasteiger partial charge in [0, 0.05) is 89.8 Å². The molecule has 1 aliphatic rings. The molecule has 1 aliphatic carbocycles. The molecular weight excluding hydrogens is 963 g/mol.